The van der Waals surface area contributed by atoms with Crippen LogP contribution in [-0.4, -0.2) is 30.3 Å². The molecule has 0 spiro atoms. The first kappa shape index (κ1) is 19.5. The van der Waals surface area contributed by atoms with E-state index in [2.05, 4.69) is 46.7 Å². The predicted octanol–water partition coefficient (Wildman–Crippen LogP) is 4.60. The van der Waals surface area contributed by atoms with Crippen molar-refractivity contribution in [2.24, 2.45) is 0 Å². The van der Waals surface area contributed by atoms with Crippen molar-refractivity contribution < 1.29 is 4.74 Å². The van der Waals surface area contributed by atoms with Crippen LogP contribution in [0.1, 0.15) is 32.8 Å². The Morgan fingerprint density at radius 1 is 1.22 bits per heavy atom. The van der Waals surface area contributed by atoms with E-state index in [4.69, 9.17) is 17.0 Å². The number of benzene rings is 2. The maximum atomic E-state index is 5.72. The van der Waals surface area contributed by atoms with Gasteiger partial charge in [0.15, 0.2) is 5.11 Å². The molecular weight excluding hydrogens is 354 g/mol. The summed E-state index contributed by atoms with van der Waals surface area (Å²) in [5.41, 5.74) is 3.78. The van der Waals surface area contributed by atoms with E-state index >= 15 is 0 Å². The van der Waals surface area contributed by atoms with Crippen LogP contribution in [0.2, 0.25) is 0 Å². The average molecular weight is 384 g/mol. The Kier molecular flexibility index (Phi) is 6.56. The summed E-state index contributed by atoms with van der Waals surface area (Å²) in [7, 11) is 0. The summed E-state index contributed by atoms with van der Waals surface area (Å²) in [6, 6.07) is 17.2. The second kappa shape index (κ2) is 9.09. The zero-order valence-corrected chi connectivity index (χ0v) is 17.2. The third-order valence-corrected chi connectivity index (χ3v) is 4.92. The van der Waals surface area contributed by atoms with Gasteiger partial charge in [0.1, 0.15) is 5.75 Å². The lowest BCUT2D eigenvalue weighted by atomic mass is 10.1. The molecule has 2 aromatic rings. The normalized spacial score (nSPS) is 15.6. The third kappa shape index (κ3) is 5.36. The SMILES string of the molecule is CC(C)Oc1cccc(NC(=S)NCCCN2c3ccccc3C[C@H]2C)c1. The van der Waals surface area contributed by atoms with E-state index in [-0.39, 0.29) is 6.10 Å². The zero-order chi connectivity index (χ0) is 19.2. The van der Waals surface area contributed by atoms with Gasteiger partial charge in [0, 0.05) is 36.6 Å². The molecule has 0 unspecified atom stereocenters. The maximum Gasteiger partial charge on any atom is 0.170 e. The number of hydrogen-bond donors (Lipinski definition) is 2. The van der Waals surface area contributed by atoms with Gasteiger partial charge in [0.2, 0.25) is 0 Å². The van der Waals surface area contributed by atoms with Crippen LogP contribution in [0, 0.1) is 0 Å². The molecule has 1 aliphatic heterocycles. The number of nitrogens with zero attached hydrogens (tertiary/aromatic N) is 1. The fraction of sp³-hybridized carbons (Fsp3) is 0.409. The minimum absolute atomic E-state index is 0.156. The number of fused-ring (bicyclic) bond motifs is 1. The molecule has 2 N–H and O–H groups in total. The Balaban J connectivity index is 1.43. The van der Waals surface area contributed by atoms with Crippen LogP contribution in [0.15, 0.2) is 48.5 Å². The first-order valence-electron chi connectivity index (χ1n) is 9.69. The fourth-order valence-electron chi connectivity index (χ4n) is 3.52. The van der Waals surface area contributed by atoms with Gasteiger partial charge in [-0.05, 0) is 69.6 Å². The number of ether oxygens (including phenoxy) is 1. The number of rotatable bonds is 7. The summed E-state index contributed by atoms with van der Waals surface area (Å²) >= 11 is 5.42. The van der Waals surface area contributed by atoms with E-state index in [0.29, 0.717) is 11.2 Å². The Labute approximate surface area is 167 Å². The van der Waals surface area contributed by atoms with Crippen LogP contribution in [0.5, 0.6) is 5.75 Å². The lowest BCUT2D eigenvalue weighted by Crippen LogP contribution is -2.34. The number of para-hydroxylation sites is 1. The molecule has 3 rings (SSSR count). The van der Waals surface area contributed by atoms with E-state index in [9.17, 15) is 0 Å². The van der Waals surface area contributed by atoms with E-state index in [1.807, 2.05) is 38.1 Å². The lowest BCUT2D eigenvalue weighted by Gasteiger charge is -2.25. The molecule has 5 heteroatoms. The van der Waals surface area contributed by atoms with Crippen LogP contribution in [0.25, 0.3) is 0 Å². The zero-order valence-electron chi connectivity index (χ0n) is 16.4. The quantitative estimate of drug-likeness (QED) is 0.540. The van der Waals surface area contributed by atoms with Gasteiger partial charge in [-0.3, -0.25) is 0 Å². The molecule has 0 saturated heterocycles. The van der Waals surface area contributed by atoms with E-state index in [1.54, 1.807) is 0 Å². The molecule has 4 nitrogen and oxygen atoms in total. The molecule has 1 heterocycles. The van der Waals surface area contributed by atoms with Gasteiger partial charge >= 0.3 is 0 Å². The molecule has 0 aromatic heterocycles. The van der Waals surface area contributed by atoms with E-state index in [0.717, 1.165) is 37.4 Å². The molecule has 0 radical (unpaired) electrons. The molecule has 0 amide bonds. The summed E-state index contributed by atoms with van der Waals surface area (Å²) in [5, 5.41) is 7.19. The van der Waals surface area contributed by atoms with Gasteiger partial charge in [-0.2, -0.15) is 0 Å². The van der Waals surface area contributed by atoms with Crippen molar-refractivity contribution in [3.05, 3.63) is 54.1 Å². The number of thiocarbonyl (C=S) groups is 1. The van der Waals surface area contributed by atoms with Crippen molar-refractivity contribution in [3.63, 3.8) is 0 Å². The second-order valence-corrected chi connectivity index (χ2v) is 7.71. The summed E-state index contributed by atoms with van der Waals surface area (Å²) in [4.78, 5) is 2.50. The van der Waals surface area contributed by atoms with Gasteiger partial charge in [0.25, 0.3) is 0 Å². The highest BCUT2D eigenvalue weighted by atomic mass is 32.1. The molecule has 2 aromatic carbocycles. The summed E-state index contributed by atoms with van der Waals surface area (Å²) < 4.78 is 5.72. The van der Waals surface area contributed by atoms with Gasteiger partial charge in [0.05, 0.1) is 6.10 Å². The molecule has 0 fully saturated rings. The Morgan fingerprint density at radius 3 is 2.85 bits per heavy atom. The molecule has 1 atom stereocenters. The Bertz CT molecular complexity index is 778. The van der Waals surface area contributed by atoms with Crippen molar-refractivity contribution in [1.29, 1.82) is 0 Å². The maximum absolute atomic E-state index is 5.72. The van der Waals surface area contributed by atoms with Crippen molar-refractivity contribution in [1.82, 2.24) is 5.32 Å². The summed E-state index contributed by atoms with van der Waals surface area (Å²) in [5.74, 6) is 0.847. The van der Waals surface area contributed by atoms with Crippen LogP contribution in [0.3, 0.4) is 0 Å². The molecule has 27 heavy (non-hydrogen) atoms. The Morgan fingerprint density at radius 2 is 2.04 bits per heavy atom. The van der Waals surface area contributed by atoms with Crippen molar-refractivity contribution in [2.75, 3.05) is 23.3 Å². The lowest BCUT2D eigenvalue weighted by molar-refractivity contribution is 0.242. The van der Waals surface area contributed by atoms with Gasteiger partial charge in [-0.25, -0.2) is 0 Å². The molecule has 144 valence electrons. The topological polar surface area (TPSA) is 36.5 Å². The minimum Gasteiger partial charge on any atom is -0.491 e. The van der Waals surface area contributed by atoms with Crippen molar-refractivity contribution in [3.8, 4) is 5.75 Å². The minimum atomic E-state index is 0.156. The standard InChI is InChI=1S/C22H29N3OS/c1-16(2)26-20-10-6-9-19(15-20)24-22(27)23-12-7-13-25-17(3)14-18-8-4-5-11-21(18)25/h4-6,8-11,15-17H,7,12-14H2,1-3H3,(H2,23,24,27)/t17-/m1/s1. The van der Waals surface area contributed by atoms with Gasteiger partial charge < -0.3 is 20.3 Å². The number of hydrogen-bond acceptors (Lipinski definition) is 3. The van der Waals surface area contributed by atoms with Crippen molar-refractivity contribution in [2.45, 2.75) is 45.8 Å². The largest absolute Gasteiger partial charge is 0.491 e. The second-order valence-electron chi connectivity index (χ2n) is 7.30. The molecule has 0 bridgehead atoms. The van der Waals surface area contributed by atoms with Crippen molar-refractivity contribution >= 4 is 28.7 Å². The van der Waals surface area contributed by atoms with E-state index < -0.39 is 0 Å². The van der Waals surface area contributed by atoms with E-state index in [1.165, 1.54) is 11.3 Å². The molecule has 0 aliphatic carbocycles. The van der Waals surface area contributed by atoms with Crippen LogP contribution in [0.4, 0.5) is 11.4 Å². The first-order valence-corrected chi connectivity index (χ1v) is 10.1. The molecular formula is C22H29N3OS. The molecule has 0 saturated carbocycles. The fourth-order valence-corrected chi connectivity index (χ4v) is 3.74. The van der Waals surface area contributed by atoms with Crippen LogP contribution >= 0.6 is 12.2 Å². The summed E-state index contributed by atoms with van der Waals surface area (Å²) in [6.07, 6.45) is 2.33. The highest BCUT2D eigenvalue weighted by Gasteiger charge is 2.24. The highest BCUT2D eigenvalue weighted by molar-refractivity contribution is 7.80. The molecule has 1 aliphatic rings. The number of nitrogens with one attached hydrogen (secondary N) is 2. The predicted molar refractivity (Wildman–Crippen MR) is 118 cm³/mol. The average Bonchev–Trinajstić information content (AvgIpc) is 2.94. The smallest absolute Gasteiger partial charge is 0.170 e. The third-order valence-electron chi connectivity index (χ3n) is 4.67. The van der Waals surface area contributed by atoms with Gasteiger partial charge in [-0.15, -0.1) is 0 Å². The highest BCUT2D eigenvalue weighted by Crippen LogP contribution is 2.31. The Hall–Kier alpha value is -2.27. The van der Waals surface area contributed by atoms with Crippen LogP contribution in [-0.2, 0) is 6.42 Å². The van der Waals surface area contributed by atoms with Gasteiger partial charge in [-0.1, -0.05) is 24.3 Å². The summed E-state index contributed by atoms with van der Waals surface area (Å²) in [6.45, 7) is 8.22. The number of anilines is 2. The van der Waals surface area contributed by atoms with Crippen LogP contribution < -0.4 is 20.3 Å². The monoisotopic (exact) mass is 383 g/mol. The first-order chi connectivity index (χ1) is 13.0.